The molecule has 2 N–H and O–H groups in total. The second-order valence-corrected chi connectivity index (χ2v) is 6.26. The zero-order chi connectivity index (χ0) is 15.9. The van der Waals surface area contributed by atoms with Gasteiger partial charge in [-0.25, -0.2) is 4.79 Å². The quantitative estimate of drug-likeness (QED) is 0.821. The van der Waals surface area contributed by atoms with E-state index >= 15 is 0 Å². The van der Waals surface area contributed by atoms with Gasteiger partial charge in [0.15, 0.2) is 0 Å². The van der Waals surface area contributed by atoms with E-state index in [1.165, 1.54) is 5.57 Å². The Morgan fingerprint density at radius 1 is 1.32 bits per heavy atom. The van der Waals surface area contributed by atoms with Gasteiger partial charge in [-0.15, -0.1) is 0 Å². The summed E-state index contributed by atoms with van der Waals surface area (Å²) in [5.74, 6) is 0. The number of amides is 2. The number of hydrogen-bond donors (Lipinski definition) is 2. The maximum absolute atomic E-state index is 12.1. The predicted octanol–water partition coefficient (Wildman–Crippen LogP) is 3.09. The highest BCUT2D eigenvalue weighted by molar-refractivity contribution is 5.74. The average molecular weight is 301 g/mol. The molecular weight excluding hydrogens is 274 g/mol. The van der Waals surface area contributed by atoms with Crippen LogP contribution in [0.25, 0.3) is 0 Å². The van der Waals surface area contributed by atoms with E-state index in [0.29, 0.717) is 0 Å². The van der Waals surface area contributed by atoms with Crippen LogP contribution in [0.15, 0.2) is 42.5 Å². The minimum absolute atomic E-state index is 0.0182. The van der Waals surface area contributed by atoms with Gasteiger partial charge in [0.1, 0.15) is 0 Å². The summed E-state index contributed by atoms with van der Waals surface area (Å²) in [5, 5.41) is 6.10. The molecule has 0 bridgehead atoms. The average Bonchev–Trinajstić information content (AvgIpc) is 2.49. The Morgan fingerprint density at radius 3 is 2.55 bits per heavy atom. The van der Waals surface area contributed by atoms with E-state index in [1.54, 1.807) is 0 Å². The highest BCUT2D eigenvalue weighted by Gasteiger charge is 2.21. The summed E-state index contributed by atoms with van der Waals surface area (Å²) in [6.45, 7) is 11.0. The molecular formula is C18H27N3O. The van der Waals surface area contributed by atoms with Gasteiger partial charge in [-0.3, -0.25) is 4.90 Å². The number of nitrogens with one attached hydrogen (secondary N) is 2. The van der Waals surface area contributed by atoms with E-state index in [4.69, 9.17) is 0 Å². The number of carbonyl (C=O) groups is 1. The second kappa shape index (κ2) is 7.99. The fourth-order valence-corrected chi connectivity index (χ4v) is 2.87. The van der Waals surface area contributed by atoms with Crippen molar-refractivity contribution in [1.82, 2.24) is 15.5 Å². The minimum Gasteiger partial charge on any atom is -0.335 e. The molecule has 2 rings (SSSR count). The predicted molar refractivity (Wildman–Crippen MR) is 90.8 cm³/mol. The lowest BCUT2D eigenvalue weighted by molar-refractivity contribution is 0.200. The number of urea groups is 1. The second-order valence-electron chi connectivity index (χ2n) is 6.26. The monoisotopic (exact) mass is 301 g/mol. The third-order valence-electron chi connectivity index (χ3n) is 4.06. The summed E-state index contributed by atoms with van der Waals surface area (Å²) in [4.78, 5) is 14.5. The number of rotatable bonds is 5. The molecule has 1 atom stereocenters. The van der Waals surface area contributed by atoms with Crippen LogP contribution in [0.5, 0.6) is 0 Å². The van der Waals surface area contributed by atoms with Crippen LogP contribution in [-0.2, 0) is 0 Å². The third kappa shape index (κ3) is 5.19. The Labute approximate surface area is 133 Å². The molecule has 0 saturated carbocycles. The molecule has 0 aliphatic carbocycles. The SMILES string of the molecule is C=C(C)CN1CCC(NC(=O)N[C@H](C)c2ccccc2)CC1. The van der Waals surface area contributed by atoms with E-state index in [-0.39, 0.29) is 18.1 Å². The van der Waals surface area contributed by atoms with Gasteiger partial charge in [-0.05, 0) is 32.3 Å². The topological polar surface area (TPSA) is 44.4 Å². The molecule has 4 heteroatoms. The molecule has 1 aliphatic heterocycles. The third-order valence-corrected chi connectivity index (χ3v) is 4.06. The van der Waals surface area contributed by atoms with Crippen LogP contribution >= 0.6 is 0 Å². The molecule has 1 aromatic rings. The van der Waals surface area contributed by atoms with Crippen molar-refractivity contribution in [1.29, 1.82) is 0 Å². The molecule has 2 amide bonds. The van der Waals surface area contributed by atoms with Gasteiger partial charge in [0.05, 0.1) is 6.04 Å². The van der Waals surface area contributed by atoms with Crippen molar-refractivity contribution in [2.45, 2.75) is 38.8 Å². The van der Waals surface area contributed by atoms with Gasteiger partial charge in [0.25, 0.3) is 0 Å². The highest BCUT2D eigenvalue weighted by atomic mass is 16.2. The lowest BCUT2D eigenvalue weighted by atomic mass is 10.0. The molecule has 0 unspecified atom stereocenters. The molecule has 0 aromatic heterocycles. The number of nitrogens with zero attached hydrogens (tertiary/aromatic N) is 1. The number of hydrogen-bond acceptors (Lipinski definition) is 2. The van der Waals surface area contributed by atoms with Crippen molar-refractivity contribution in [2.24, 2.45) is 0 Å². The van der Waals surface area contributed by atoms with Gasteiger partial charge in [-0.2, -0.15) is 0 Å². The van der Waals surface area contributed by atoms with Crippen molar-refractivity contribution in [3.8, 4) is 0 Å². The zero-order valence-electron chi connectivity index (χ0n) is 13.6. The van der Waals surface area contributed by atoms with Crippen molar-refractivity contribution < 1.29 is 4.79 Å². The molecule has 1 aliphatic rings. The summed E-state index contributed by atoms with van der Waals surface area (Å²) in [6.07, 6.45) is 2.00. The van der Waals surface area contributed by atoms with Crippen LogP contribution < -0.4 is 10.6 Å². The summed E-state index contributed by atoms with van der Waals surface area (Å²) < 4.78 is 0. The summed E-state index contributed by atoms with van der Waals surface area (Å²) >= 11 is 0. The van der Waals surface area contributed by atoms with Crippen molar-refractivity contribution in [2.75, 3.05) is 19.6 Å². The van der Waals surface area contributed by atoms with Crippen molar-refractivity contribution in [3.05, 3.63) is 48.0 Å². The van der Waals surface area contributed by atoms with Gasteiger partial charge >= 0.3 is 6.03 Å². The lowest BCUT2D eigenvalue weighted by Crippen LogP contribution is -2.48. The van der Waals surface area contributed by atoms with Crippen LogP contribution in [0.4, 0.5) is 4.79 Å². The van der Waals surface area contributed by atoms with Crippen LogP contribution in [0, 0.1) is 0 Å². The normalized spacial score (nSPS) is 17.7. The van der Waals surface area contributed by atoms with E-state index in [0.717, 1.165) is 38.0 Å². The maximum atomic E-state index is 12.1. The van der Waals surface area contributed by atoms with Gasteiger partial charge in [0.2, 0.25) is 0 Å². The standard InChI is InChI=1S/C18H27N3O/c1-14(2)13-21-11-9-17(10-12-21)20-18(22)19-15(3)16-7-5-4-6-8-16/h4-8,15,17H,1,9-13H2,2-3H3,(H2,19,20,22)/t15-/m1/s1. The summed E-state index contributed by atoms with van der Waals surface area (Å²) in [6, 6.07) is 10.2. The fraction of sp³-hybridized carbons (Fsp3) is 0.500. The molecule has 4 nitrogen and oxygen atoms in total. The summed E-state index contributed by atoms with van der Waals surface area (Å²) in [7, 11) is 0. The van der Waals surface area contributed by atoms with E-state index in [9.17, 15) is 4.79 Å². The number of carbonyl (C=O) groups excluding carboxylic acids is 1. The first-order chi connectivity index (χ1) is 10.5. The largest absolute Gasteiger partial charge is 0.335 e. The molecule has 1 fully saturated rings. The Kier molecular flexibility index (Phi) is 6.01. The lowest BCUT2D eigenvalue weighted by Gasteiger charge is -2.32. The fourth-order valence-electron chi connectivity index (χ4n) is 2.87. The smallest absolute Gasteiger partial charge is 0.315 e. The zero-order valence-corrected chi connectivity index (χ0v) is 13.6. The molecule has 120 valence electrons. The van der Waals surface area contributed by atoms with Crippen LogP contribution in [0.2, 0.25) is 0 Å². The van der Waals surface area contributed by atoms with Gasteiger partial charge in [-0.1, -0.05) is 42.5 Å². The first-order valence-corrected chi connectivity index (χ1v) is 8.03. The molecule has 22 heavy (non-hydrogen) atoms. The number of likely N-dealkylation sites (tertiary alicyclic amines) is 1. The van der Waals surface area contributed by atoms with Gasteiger partial charge in [0, 0.05) is 25.7 Å². The molecule has 1 saturated heterocycles. The molecule has 0 radical (unpaired) electrons. The Balaban J connectivity index is 1.73. The number of piperidine rings is 1. The number of benzene rings is 1. The molecule has 1 heterocycles. The highest BCUT2D eigenvalue weighted by Crippen LogP contribution is 2.13. The molecule has 0 spiro atoms. The van der Waals surface area contributed by atoms with E-state index < -0.39 is 0 Å². The van der Waals surface area contributed by atoms with Gasteiger partial charge < -0.3 is 10.6 Å². The van der Waals surface area contributed by atoms with Crippen LogP contribution in [-0.4, -0.2) is 36.6 Å². The van der Waals surface area contributed by atoms with E-state index in [1.807, 2.05) is 37.3 Å². The Morgan fingerprint density at radius 2 is 1.95 bits per heavy atom. The van der Waals surface area contributed by atoms with E-state index in [2.05, 4.69) is 29.0 Å². The minimum atomic E-state index is -0.0743. The van der Waals surface area contributed by atoms with Crippen molar-refractivity contribution in [3.63, 3.8) is 0 Å². The van der Waals surface area contributed by atoms with Crippen molar-refractivity contribution >= 4 is 6.03 Å². The maximum Gasteiger partial charge on any atom is 0.315 e. The summed E-state index contributed by atoms with van der Waals surface area (Å²) in [5.41, 5.74) is 2.31. The molecule has 1 aromatic carbocycles. The van der Waals surface area contributed by atoms with Crippen LogP contribution in [0.1, 0.15) is 38.3 Å². The van der Waals surface area contributed by atoms with Crippen LogP contribution in [0.3, 0.4) is 0 Å². The Hall–Kier alpha value is -1.81. The Bertz CT molecular complexity index is 492. The first-order valence-electron chi connectivity index (χ1n) is 8.03. The first kappa shape index (κ1) is 16.6.